The average molecular weight is 759 g/mol. The number of nitrogens with zero attached hydrogens (tertiary/aromatic N) is 1. The van der Waals surface area contributed by atoms with E-state index < -0.39 is 15.9 Å². The number of Topliss-reactive ketones (excluding diaryl/α,β-unsaturated/α-hetero) is 2. The van der Waals surface area contributed by atoms with E-state index in [1.54, 1.807) is 0 Å². The van der Waals surface area contributed by atoms with Gasteiger partial charge in [0.2, 0.25) is 0 Å². The number of carbonyl (C=O) groups excluding carboxylic acids is 2. The lowest BCUT2D eigenvalue weighted by Crippen LogP contribution is -2.61. The molecule has 0 rings (SSSR count). The Bertz CT molecular complexity index is 933. The van der Waals surface area contributed by atoms with Crippen molar-refractivity contribution < 1.29 is 31.8 Å². The normalized spacial score (nSPS) is 12.2. The summed E-state index contributed by atoms with van der Waals surface area (Å²) in [4.78, 5) is 28.4. The third-order valence-corrected chi connectivity index (χ3v) is 9.96. The molecule has 0 aromatic rings. The van der Waals surface area contributed by atoms with Gasteiger partial charge in [0, 0.05) is 25.9 Å². The second-order valence-corrected chi connectivity index (χ2v) is 15.7. The number of ketones is 2. The topological polar surface area (TPSA) is 147 Å². The third kappa shape index (κ3) is 35.6. The van der Waals surface area contributed by atoms with Crippen LogP contribution in [0.5, 0.6) is 0 Å². The Balaban J connectivity index is 0. The van der Waals surface area contributed by atoms with Crippen LogP contribution in [-0.2, 0) is 24.2 Å². The van der Waals surface area contributed by atoms with Gasteiger partial charge in [-0.2, -0.15) is 8.42 Å². The summed E-state index contributed by atoms with van der Waals surface area (Å²) >= 11 is 0. The minimum atomic E-state index is -4.16. The molecule has 9 nitrogen and oxygen atoms in total. The van der Waals surface area contributed by atoms with Gasteiger partial charge in [0.25, 0.3) is 0 Å². The van der Waals surface area contributed by atoms with Crippen LogP contribution >= 0.6 is 0 Å². The van der Waals surface area contributed by atoms with Gasteiger partial charge in [-0.25, -0.2) is 0 Å². The molecule has 0 unspecified atom stereocenters. The fourth-order valence-corrected chi connectivity index (χ4v) is 6.17. The van der Waals surface area contributed by atoms with Crippen LogP contribution in [0.15, 0.2) is 24.3 Å². The monoisotopic (exact) mass is 759 g/mol. The van der Waals surface area contributed by atoms with Crippen LogP contribution in [0, 0.1) is 0 Å². The Labute approximate surface area is 320 Å². The Morgan fingerprint density at radius 2 is 0.904 bits per heavy atom. The summed E-state index contributed by atoms with van der Waals surface area (Å²) in [6, 6.07) is 0. The van der Waals surface area contributed by atoms with Gasteiger partial charge in [-0.3, -0.25) is 18.3 Å². The van der Waals surface area contributed by atoms with Crippen LogP contribution in [0.3, 0.4) is 0 Å². The first-order chi connectivity index (χ1) is 25.0. The number of aliphatic hydroxyl groups excluding tert-OH is 1. The number of carbonyl (C=O) groups is 2. The Morgan fingerprint density at radius 3 is 1.19 bits per heavy atom. The van der Waals surface area contributed by atoms with Crippen molar-refractivity contribution in [1.82, 2.24) is 4.90 Å². The van der Waals surface area contributed by atoms with Crippen molar-refractivity contribution in [3.8, 4) is 0 Å². The highest BCUT2D eigenvalue weighted by molar-refractivity contribution is 7.80. The van der Waals surface area contributed by atoms with E-state index in [9.17, 15) is 23.1 Å². The number of nitrogens with two attached hydrogens (primary N) is 1. The molecular weight excluding hydrogens is 677 g/mol. The van der Waals surface area contributed by atoms with Gasteiger partial charge in [0.05, 0.1) is 13.7 Å². The molecule has 0 fully saturated rings. The molecule has 0 aliphatic heterocycles. The minimum absolute atomic E-state index is 0.0164. The van der Waals surface area contributed by atoms with Gasteiger partial charge in [0.15, 0.2) is 11.6 Å². The third-order valence-electron chi connectivity index (χ3n) is 9.54. The van der Waals surface area contributed by atoms with Crippen molar-refractivity contribution in [2.75, 3.05) is 33.9 Å². The maximum atomic E-state index is 13.3. The standard InChI is InChI=1S/C41H78N2O3.CH4O4S/c1-4-6-8-10-12-14-16-18-20-22-24-26-28-30-32-34-39(45)41(42,38-43(3)36-37-44)40(46)35-33-31-29-27-25-23-21-19-17-15-13-11-9-7-5-2;1-5-6(2,3)4/h18-21,44H,4-17,22-38,42H2,1-3H3;1H3,(H,2,3,4)/b20-18-,21-19-;. The summed E-state index contributed by atoms with van der Waals surface area (Å²) < 4.78 is 29.7. The van der Waals surface area contributed by atoms with E-state index in [1.165, 1.54) is 116 Å². The summed E-state index contributed by atoms with van der Waals surface area (Å²) in [7, 11) is -1.47. The Kier molecular flexibility index (Phi) is 38.4. The second-order valence-electron chi connectivity index (χ2n) is 14.5. The van der Waals surface area contributed by atoms with E-state index in [1.807, 2.05) is 11.9 Å². The fourth-order valence-electron chi connectivity index (χ4n) is 6.17. The summed E-state index contributed by atoms with van der Waals surface area (Å²) in [6.45, 7) is 5.09. The molecule has 0 saturated carbocycles. The number of allylic oxidation sites excluding steroid dienone is 4. The zero-order chi connectivity index (χ0) is 39.2. The molecule has 10 heteroatoms. The number of hydrogen-bond acceptors (Lipinski definition) is 8. The number of aliphatic hydroxyl groups is 1. The number of hydrogen-bond donors (Lipinski definition) is 3. The van der Waals surface area contributed by atoms with Crippen LogP contribution in [0.1, 0.15) is 194 Å². The molecule has 0 heterocycles. The summed E-state index contributed by atoms with van der Waals surface area (Å²) in [5.74, 6) is -0.264. The maximum Gasteiger partial charge on any atom is 0.397 e. The molecule has 0 aliphatic carbocycles. The van der Waals surface area contributed by atoms with Crippen LogP contribution in [-0.4, -0.2) is 73.9 Å². The molecule has 0 atom stereocenters. The largest absolute Gasteiger partial charge is 0.397 e. The smallest absolute Gasteiger partial charge is 0.395 e. The molecule has 0 aromatic carbocycles. The van der Waals surface area contributed by atoms with Gasteiger partial charge in [-0.15, -0.1) is 0 Å². The van der Waals surface area contributed by atoms with Gasteiger partial charge in [-0.1, -0.05) is 141 Å². The van der Waals surface area contributed by atoms with Crippen molar-refractivity contribution in [3.05, 3.63) is 24.3 Å². The SMILES string of the molecule is CCCCCCCC/C=C\CCCCCCCC(=O)C(N)(CN(C)CCO)C(=O)CCCCCCC/C=C\CCCCCCCC.COS(=O)(=O)O. The molecule has 0 bridgehead atoms. The molecule has 0 aromatic heterocycles. The highest BCUT2D eigenvalue weighted by atomic mass is 32.3. The molecule has 0 spiro atoms. The number of rotatable bonds is 37. The number of unbranched alkanes of at least 4 members (excludes halogenated alkanes) is 22. The lowest BCUT2D eigenvalue weighted by molar-refractivity contribution is -0.135. The van der Waals surface area contributed by atoms with E-state index in [0.717, 1.165) is 58.5 Å². The van der Waals surface area contributed by atoms with E-state index in [0.29, 0.717) is 19.4 Å². The van der Waals surface area contributed by atoms with Gasteiger partial charge >= 0.3 is 10.4 Å². The first-order valence-corrected chi connectivity index (χ1v) is 22.3. The lowest BCUT2D eigenvalue weighted by atomic mass is 9.84. The van der Waals surface area contributed by atoms with E-state index in [-0.39, 0.29) is 24.7 Å². The molecule has 0 radical (unpaired) electrons. The molecule has 308 valence electrons. The van der Waals surface area contributed by atoms with Crippen molar-refractivity contribution >= 4 is 22.0 Å². The van der Waals surface area contributed by atoms with Gasteiger partial charge in [0.1, 0.15) is 5.54 Å². The molecule has 52 heavy (non-hydrogen) atoms. The van der Waals surface area contributed by atoms with E-state index in [4.69, 9.17) is 10.3 Å². The molecule has 0 saturated heterocycles. The van der Waals surface area contributed by atoms with E-state index in [2.05, 4.69) is 42.3 Å². The maximum absolute atomic E-state index is 13.3. The highest BCUT2D eigenvalue weighted by Gasteiger charge is 2.40. The lowest BCUT2D eigenvalue weighted by Gasteiger charge is -2.31. The molecule has 4 N–H and O–H groups in total. The van der Waals surface area contributed by atoms with Crippen molar-refractivity contribution in [2.45, 2.75) is 199 Å². The van der Waals surface area contributed by atoms with Gasteiger partial charge < -0.3 is 15.7 Å². The zero-order valence-corrected chi connectivity index (χ0v) is 34.9. The molecular formula is C42H82N2O7S. The summed E-state index contributed by atoms with van der Waals surface area (Å²) in [5.41, 5.74) is 5.13. The minimum Gasteiger partial charge on any atom is -0.395 e. The second kappa shape index (κ2) is 37.9. The first kappa shape index (κ1) is 52.7. The Hall–Kier alpha value is -1.43. The van der Waals surface area contributed by atoms with Crippen LogP contribution in [0.4, 0.5) is 0 Å². The quantitative estimate of drug-likeness (QED) is 0.0244. The summed E-state index contributed by atoms with van der Waals surface area (Å²) in [5, 5.41) is 9.35. The van der Waals surface area contributed by atoms with Crippen LogP contribution in [0.2, 0.25) is 0 Å². The average Bonchev–Trinajstić information content (AvgIpc) is 3.11. The van der Waals surface area contributed by atoms with Gasteiger partial charge in [-0.05, 0) is 71.3 Å². The highest BCUT2D eigenvalue weighted by Crippen LogP contribution is 2.18. The molecule has 0 aliphatic rings. The molecule has 0 amide bonds. The van der Waals surface area contributed by atoms with Crippen LogP contribution < -0.4 is 5.73 Å². The Morgan fingerprint density at radius 1 is 0.615 bits per heavy atom. The van der Waals surface area contributed by atoms with Crippen molar-refractivity contribution in [3.63, 3.8) is 0 Å². The first-order valence-electron chi connectivity index (χ1n) is 21.0. The van der Waals surface area contributed by atoms with E-state index >= 15 is 0 Å². The summed E-state index contributed by atoms with van der Waals surface area (Å²) in [6.07, 6.45) is 41.5. The van der Waals surface area contributed by atoms with Crippen molar-refractivity contribution in [2.24, 2.45) is 5.73 Å². The predicted molar refractivity (Wildman–Crippen MR) is 219 cm³/mol. The van der Waals surface area contributed by atoms with Crippen LogP contribution in [0.25, 0.3) is 0 Å². The fraction of sp³-hybridized carbons (Fsp3) is 0.857. The zero-order valence-electron chi connectivity index (χ0n) is 34.1. The number of likely N-dealkylation sites (N-methyl/N-ethyl adjacent to an activating group) is 1. The van der Waals surface area contributed by atoms with Crippen molar-refractivity contribution in [1.29, 1.82) is 0 Å². The predicted octanol–water partition coefficient (Wildman–Crippen LogP) is 10.3.